The summed E-state index contributed by atoms with van der Waals surface area (Å²) in [6, 6.07) is 1.75. The molecular weight excluding hydrogens is 144 g/mol. The van der Waals surface area contributed by atoms with E-state index in [-0.39, 0.29) is 18.9 Å². The van der Waals surface area contributed by atoms with E-state index in [9.17, 15) is 4.79 Å². The lowest BCUT2D eigenvalue weighted by atomic mass is 10.3. The second kappa shape index (κ2) is 7.03. The maximum atomic E-state index is 10.6. The fraction of sp³-hybridized carbons (Fsp3) is 0.714. The zero-order valence-electron chi connectivity index (χ0n) is 6.34. The minimum atomic E-state index is -0.245. The molecule has 0 aromatic heterocycles. The molecule has 0 heterocycles. The normalized spacial score (nSPS) is 8.73. The number of nitriles is 1. The maximum Gasteiger partial charge on any atom is 0.234 e. The molecule has 0 bridgehead atoms. The average Bonchev–Trinajstić information content (AvgIpc) is 1.99. The third kappa shape index (κ3) is 6.81. The van der Waals surface area contributed by atoms with Gasteiger partial charge in [0.25, 0.3) is 0 Å². The Hall–Kier alpha value is -1.08. The number of unbranched alkanes of at least 4 members (excludes halogenated alkanes) is 1. The molecule has 0 unspecified atom stereocenters. The Balaban J connectivity index is 3.12. The minimum Gasteiger partial charge on any atom is -0.396 e. The lowest BCUT2D eigenvalue weighted by Crippen LogP contribution is -2.23. The Morgan fingerprint density at radius 3 is 2.82 bits per heavy atom. The molecule has 2 N–H and O–H groups in total. The van der Waals surface area contributed by atoms with Crippen molar-refractivity contribution in [2.45, 2.75) is 19.3 Å². The van der Waals surface area contributed by atoms with Crippen LogP contribution in [0.4, 0.5) is 0 Å². The van der Waals surface area contributed by atoms with E-state index >= 15 is 0 Å². The summed E-state index contributed by atoms with van der Waals surface area (Å²) < 4.78 is 0. The molecule has 0 spiro atoms. The number of aliphatic hydroxyl groups is 1. The van der Waals surface area contributed by atoms with Gasteiger partial charge in [-0.2, -0.15) is 5.26 Å². The van der Waals surface area contributed by atoms with Gasteiger partial charge in [-0.1, -0.05) is 0 Å². The number of carbonyl (C=O) groups is 1. The van der Waals surface area contributed by atoms with Gasteiger partial charge in [0.05, 0.1) is 6.07 Å². The Morgan fingerprint density at radius 2 is 2.27 bits per heavy atom. The molecule has 1 amide bonds. The first-order chi connectivity index (χ1) is 5.31. The SMILES string of the molecule is N#CCC(=O)NCCCCO. The largest absolute Gasteiger partial charge is 0.396 e. The van der Waals surface area contributed by atoms with Crippen LogP contribution in [0.2, 0.25) is 0 Å². The molecule has 0 fully saturated rings. The van der Waals surface area contributed by atoms with Crippen LogP contribution in [-0.2, 0) is 4.79 Å². The van der Waals surface area contributed by atoms with E-state index in [4.69, 9.17) is 10.4 Å². The molecule has 11 heavy (non-hydrogen) atoms. The highest BCUT2D eigenvalue weighted by Crippen LogP contribution is 1.84. The smallest absolute Gasteiger partial charge is 0.234 e. The van der Waals surface area contributed by atoms with Crippen molar-refractivity contribution in [2.24, 2.45) is 0 Å². The zero-order valence-corrected chi connectivity index (χ0v) is 6.34. The van der Waals surface area contributed by atoms with E-state index < -0.39 is 0 Å². The van der Waals surface area contributed by atoms with Crippen LogP contribution in [0.5, 0.6) is 0 Å². The first-order valence-corrected chi connectivity index (χ1v) is 3.55. The molecular formula is C7H12N2O2. The summed E-state index contributed by atoms with van der Waals surface area (Å²) in [7, 11) is 0. The third-order valence-corrected chi connectivity index (χ3v) is 1.15. The minimum absolute atomic E-state index is 0.0842. The Bertz CT molecular complexity index is 151. The molecule has 0 aliphatic heterocycles. The van der Waals surface area contributed by atoms with Crippen molar-refractivity contribution in [1.29, 1.82) is 5.26 Å². The highest BCUT2D eigenvalue weighted by molar-refractivity contribution is 5.77. The number of hydrogen-bond acceptors (Lipinski definition) is 3. The van der Waals surface area contributed by atoms with Gasteiger partial charge in [-0.15, -0.1) is 0 Å². The van der Waals surface area contributed by atoms with Crippen molar-refractivity contribution in [3.05, 3.63) is 0 Å². The number of amides is 1. The number of hydrogen-bond donors (Lipinski definition) is 2. The number of nitrogens with zero attached hydrogens (tertiary/aromatic N) is 1. The number of nitrogens with one attached hydrogen (secondary N) is 1. The van der Waals surface area contributed by atoms with Crippen molar-refractivity contribution in [3.63, 3.8) is 0 Å². The van der Waals surface area contributed by atoms with Crippen LogP contribution in [0.15, 0.2) is 0 Å². The predicted molar refractivity (Wildman–Crippen MR) is 39.6 cm³/mol. The molecule has 0 saturated heterocycles. The van der Waals surface area contributed by atoms with Crippen LogP contribution in [0.25, 0.3) is 0 Å². The Labute approximate surface area is 65.8 Å². The molecule has 0 rings (SSSR count). The van der Waals surface area contributed by atoms with Crippen molar-refractivity contribution >= 4 is 5.91 Å². The van der Waals surface area contributed by atoms with Gasteiger partial charge in [0.15, 0.2) is 0 Å². The van der Waals surface area contributed by atoms with Gasteiger partial charge < -0.3 is 10.4 Å². The lowest BCUT2D eigenvalue weighted by Gasteiger charge is -1.99. The first-order valence-electron chi connectivity index (χ1n) is 3.55. The van der Waals surface area contributed by atoms with E-state index in [1.54, 1.807) is 6.07 Å². The van der Waals surface area contributed by atoms with E-state index in [0.717, 1.165) is 6.42 Å². The molecule has 62 valence electrons. The number of carbonyl (C=O) groups excluding carboxylic acids is 1. The van der Waals surface area contributed by atoms with E-state index in [1.165, 1.54) is 0 Å². The highest BCUT2D eigenvalue weighted by Gasteiger charge is 1.96. The summed E-state index contributed by atoms with van der Waals surface area (Å²) in [5.41, 5.74) is 0. The van der Waals surface area contributed by atoms with Crippen LogP contribution >= 0.6 is 0 Å². The van der Waals surface area contributed by atoms with Crippen LogP contribution < -0.4 is 5.32 Å². The fourth-order valence-corrected chi connectivity index (χ4v) is 0.599. The summed E-state index contributed by atoms with van der Waals surface area (Å²) in [5, 5.41) is 19.0. The quantitative estimate of drug-likeness (QED) is 0.541. The summed E-state index contributed by atoms with van der Waals surface area (Å²) >= 11 is 0. The number of rotatable bonds is 5. The average molecular weight is 156 g/mol. The Kier molecular flexibility index (Phi) is 6.34. The number of aliphatic hydroxyl groups excluding tert-OH is 1. The fourth-order valence-electron chi connectivity index (χ4n) is 0.599. The zero-order chi connectivity index (χ0) is 8.53. The van der Waals surface area contributed by atoms with Crippen LogP contribution in [0, 0.1) is 11.3 Å². The molecule has 4 heteroatoms. The molecule has 0 aromatic rings. The topological polar surface area (TPSA) is 73.1 Å². The second-order valence-electron chi connectivity index (χ2n) is 2.12. The summed E-state index contributed by atoms with van der Waals surface area (Å²) in [4.78, 5) is 10.6. The van der Waals surface area contributed by atoms with E-state index in [2.05, 4.69) is 5.32 Å². The molecule has 0 radical (unpaired) electrons. The Morgan fingerprint density at radius 1 is 1.55 bits per heavy atom. The van der Waals surface area contributed by atoms with Gasteiger partial charge >= 0.3 is 0 Å². The summed E-state index contributed by atoms with van der Waals surface area (Å²) in [5.74, 6) is -0.245. The maximum absolute atomic E-state index is 10.6. The molecule has 0 aliphatic rings. The van der Waals surface area contributed by atoms with Crippen molar-refractivity contribution in [3.8, 4) is 6.07 Å². The summed E-state index contributed by atoms with van der Waals surface area (Å²) in [6.45, 7) is 0.690. The molecule has 0 aromatic carbocycles. The van der Waals surface area contributed by atoms with E-state index in [0.29, 0.717) is 13.0 Å². The van der Waals surface area contributed by atoms with Crippen LogP contribution in [0.1, 0.15) is 19.3 Å². The van der Waals surface area contributed by atoms with Gasteiger partial charge in [-0.3, -0.25) is 4.79 Å². The van der Waals surface area contributed by atoms with Crippen LogP contribution in [0.3, 0.4) is 0 Å². The van der Waals surface area contributed by atoms with Gasteiger partial charge in [0.1, 0.15) is 6.42 Å². The standard InChI is InChI=1S/C7H12N2O2/c8-4-3-7(11)9-5-1-2-6-10/h10H,1-3,5-6H2,(H,9,11). The van der Waals surface area contributed by atoms with Crippen LogP contribution in [-0.4, -0.2) is 24.2 Å². The van der Waals surface area contributed by atoms with E-state index in [1.807, 2.05) is 0 Å². The monoisotopic (exact) mass is 156 g/mol. The third-order valence-electron chi connectivity index (χ3n) is 1.15. The predicted octanol–water partition coefficient (Wildman–Crippen LogP) is -0.211. The second-order valence-corrected chi connectivity index (χ2v) is 2.12. The van der Waals surface area contributed by atoms with Gasteiger partial charge in [-0.05, 0) is 12.8 Å². The van der Waals surface area contributed by atoms with Crippen molar-refractivity contribution in [1.82, 2.24) is 5.32 Å². The van der Waals surface area contributed by atoms with Crippen molar-refractivity contribution < 1.29 is 9.90 Å². The van der Waals surface area contributed by atoms with Gasteiger partial charge in [0.2, 0.25) is 5.91 Å². The first kappa shape index (κ1) is 9.92. The van der Waals surface area contributed by atoms with Crippen molar-refractivity contribution in [2.75, 3.05) is 13.2 Å². The lowest BCUT2D eigenvalue weighted by molar-refractivity contribution is -0.120. The molecule has 0 atom stereocenters. The van der Waals surface area contributed by atoms with Gasteiger partial charge in [0, 0.05) is 13.2 Å². The highest BCUT2D eigenvalue weighted by atomic mass is 16.2. The molecule has 0 aliphatic carbocycles. The van der Waals surface area contributed by atoms with Gasteiger partial charge in [-0.25, -0.2) is 0 Å². The molecule has 4 nitrogen and oxygen atoms in total. The summed E-state index contributed by atoms with van der Waals surface area (Å²) in [6.07, 6.45) is 1.36. The molecule has 0 saturated carbocycles.